The Hall–Kier alpha value is -0.430. The molecule has 1 aliphatic rings. The van der Waals surface area contributed by atoms with Crippen LogP contribution in [0.25, 0.3) is 0 Å². The Bertz CT molecular complexity index is 536. The highest BCUT2D eigenvalue weighted by Crippen LogP contribution is 2.46. The van der Waals surface area contributed by atoms with Crippen LogP contribution in [0.3, 0.4) is 0 Å². The molecule has 4 nitrogen and oxygen atoms in total. The summed E-state index contributed by atoms with van der Waals surface area (Å²) in [4.78, 5) is -0.0245. The van der Waals surface area contributed by atoms with Crippen molar-refractivity contribution >= 4 is 39.1 Å². The Morgan fingerprint density at radius 3 is 2.67 bits per heavy atom. The zero-order valence-electron chi connectivity index (χ0n) is 9.94. The normalized spacial score (nSPS) is 17.7. The van der Waals surface area contributed by atoms with E-state index in [1.807, 2.05) is 6.26 Å². The molecule has 1 fully saturated rings. The van der Waals surface area contributed by atoms with Gasteiger partial charge in [-0.25, -0.2) is 13.1 Å². The average Bonchev–Trinajstić information content (AvgIpc) is 3.07. The van der Waals surface area contributed by atoms with Crippen LogP contribution in [0.1, 0.15) is 12.8 Å². The molecule has 0 amide bonds. The molecule has 1 aromatic rings. The van der Waals surface area contributed by atoms with E-state index in [-0.39, 0.29) is 20.4 Å². The first-order valence-corrected chi connectivity index (χ1v) is 8.58. The number of anilines is 1. The smallest absolute Gasteiger partial charge is 0.244 e. The molecule has 100 valence electrons. The highest BCUT2D eigenvalue weighted by Gasteiger charge is 2.42. The monoisotopic (exact) mass is 306 g/mol. The molecule has 1 aliphatic carbocycles. The van der Waals surface area contributed by atoms with Gasteiger partial charge in [0, 0.05) is 11.3 Å². The SMILES string of the molecule is CSC1(CNS(=O)(=O)c2c(N)cccc2Cl)CC1. The van der Waals surface area contributed by atoms with Crippen molar-refractivity contribution in [2.24, 2.45) is 0 Å². The van der Waals surface area contributed by atoms with E-state index in [0.29, 0.717) is 6.54 Å². The third-order valence-corrected chi connectivity index (χ3v) is 6.45. The van der Waals surface area contributed by atoms with Crippen molar-refractivity contribution in [3.8, 4) is 0 Å². The summed E-state index contributed by atoms with van der Waals surface area (Å²) in [6.07, 6.45) is 4.06. The van der Waals surface area contributed by atoms with Gasteiger partial charge in [-0.3, -0.25) is 0 Å². The molecule has 1 aromatic carbocycles. The lowest BCUT2D eigenvalue weighted by Crippen LogP contribution is -2.32. The van der Waals surface area contributed by atoms with Crippen LogP contribution in [0.4, 0.5) is 5.69 Å². The van der Waals surface area contributed by atoms with Crippen LogP contribution >= 0.6 is 23.4 Å². The predicted molar refractivity (Wildman–Crippen MR) is 76.5 cm³/mol. The van der Waals surface area contributed by atoms with Crippen LogP contribution < -0.4 is 10.5 Å². The molecule has 3 N–H and O–H groups in total. The van der Waals surface area contributed by atoms with Crippen molar-refractivity contribution in [2.45, 2.75) is 22.5 Å². The van der Waals surface area contributed by atoms with Gasteiger partial charge >= 0.3 is 0 Å². The molecular formula is C11H15ClN2O2S2. The number of benzene rings is 1. The van der Waals surface area contributed by atoms with Gasteiger partial charge in [-0.1, -0.05) is 17.7 Å². The van der Waals surface area contributed by atoms with E-state index in [0.717, 1.165) is 12.8 Å². The lowest BCUT2D eigenvalue weighted by molar-refractivity contribution is 0.580. The first-order chi connectivity index (χ1) is 8.40. The number of hydrogen-bond acceptors (Lipinski definition) is 4. The molecule has 1 saturated carbocycles. The third-order valence-electron chi connectivity index (χ3n) is 3.09. The molecule has 0 unspecified atom stereocenters. The number of rotatable bonds is 5. The highest BCUT2D eigenvalue weighted by atomic mass is 35.5. The minimum atomic E-state index is -3.65. The molecule has 0 bridgehead atoms. The van der Waals surface area contributed by atoms with E-state index in [1.54, 1.807) is 17.8 Å². The number of thioether (sulfide) groups is 1. The van der Waals surface area contributed by atoms with Crippen LogP contribution in [-0.4, -0.2) is 26.0 Å². The maximum absolute atomic E-state index is 12.2. The van der Waals surface area contributed by atoms with Crippen molar-refractivity contribution < 1.29 is 8.42 Å². The van der Waals surface area contributed by atoms with Crippen LogP contribution in [0, 0.1) is 0 Å². The van der Waals surface area contributed by atoms with Crippen LogP contribution in [0.15, 0.2) is 23.1 Å². The van der Waals surface area contributed by atoms with E-state index in [2.05, 4.69) is 4.72 Å². The zero-order valence-corrected chi connectivity index (χ0v) is 12.3. The van der Waals surface area contributed by atoms with E-state index in [4.69, 9.17) is 17.3 Å². The first-order valence-electron chi connectivity index (χ1n) is 5.49. The summed E-state index contributed by atoms with van der Waals surface area (Å²) in [7, 11) is -3.65. The molecule has 0 aliphatic heterocycles. The molecule has 2 rings (SSSR count). The lowest BCUT2D eigenvalue weighted by atomic mass is 10.3. The fourth-order valence-corrected chi connectivity index (χ4v) is 4.32. The van der Waals surface area contributed by atoms with E-state index in [1.165, 1.54) is 12.1 Å². The highest BCUT2D eigenvalue weighted by molar-refractivity contribution is 8.00. The van der Waals surface area contributed by atoms with Gasteiger partial charge in [-0.05, 0) is 31.2 Å². The number of halogens is 1. The summed E-state index contributed by atoms with van der Waals surface area (Å²) in [5.41, 5.74) is 5.86. The van der Waals surface area contributed by atoms with Gasteiger partial charge in [0.25, 0.3) is 0 Å². The van der Waals surface area contributed by atoms with Crippen LogP contribution in [0.2, 0.25) is 5.02 Å². The second-order valence-corrected chi connectivity index (χ2v) is 7.76. The fraction of sp³-hybridized carbons (Fsp3) is 0.455. The molecule has 7 heteroatoms. The summed E-state index contributed by atoms with van der Waals surface area (Å²) >= 11 is 7.60. The first kappa shape index (κ1) is 14.0. The van der Waals surface area contributed by atoms with Crippen molar-refractivity contribution in [3.63, 3.8) is 0 Å². The zero-order chi connectivity index (χ0) is 13.4. The molecule has 0 saturated heterocycles. The van der Waals surface area contributed by atoms with Crippen LogP contribution in [0.5, 0.6) is 0 Å². The van der Waals surface area contributed by atoms with Gasteiger partial charge in [-0.2, -0.15) is 11.8 Å². The third kappa shape index (κ3) is 2.77. The van der Waals surface area contributed by atoms with Crippen molar-refractivity contribution in [1.29, 1.82) is 0 Å². The predicted octanol–water partition coefficient (Wildman–Crippen LogP) is 2.10. The number of sulfonamides is 1. The van der Waals surface area contributed by atoms with Crippen LogP contribution in [-0.2, 0) is 10.0 Å². The van der Waals surface area contributed by atoms with Crippen molar-refractivity contribution in [2.75, 3.05) is 18.5 Å². The molecule has 0 heterocycles. The van der Waals surface area contributed by atoms with E-state index < -0.39 is 10.0 Å². The minimum Gasteiger partial charge on any atom is -0.398 e. The van der Waals surface area contributed by atoms with Gasteiger partial charge < -0.3 is 5.73 Å². The summed E-state index contributed by atoms with van der Waals surface area (Å²) in [5, 5.41) is 0.150. The lowest BCUT2D eigenvalue weighted by Gasteiger charge is -2.15. The molecule has 18 heavy (non-hydrogen) atoms. The molecule has 0 radical (unpaired) electrons. The number of hydrogen-bond donors (Lipinski definition) is 2. The minimum absolute atomic E-state index is 0.0245. The molecule has 0 aromatic heterocycles. The molecule has 0 spiro atoms. The Labute approximate surface area is 116 Å². The molecule has 0 atom stereocenters. The second kappa shape index (κ2) is 4.92. The van der Waals surface area contributed by atoms with Crippen molar-refractivity contribution in [1.82, 2.24) is 4.72 Å². The van der Waals surface area contributed by atoms with Gasteiger partial charge in [0.05, 0.1) is 10.7 Å². The molecular weight excluding hydrogens is 292 g/mol. The topological polar surface area (TPSA) is 72.2 Å². The largest absolute Gasteiger partial charge is 0.398 e. The summed E-state index contributed by atoms with van der Waals surface area (Å²) in [6.45, 7) is 0.418. The quantitative estimate of drug-likeness (QED) is 0.817. The van der Waals surface area contributed by atoms with Gasteiger partial charge in [-0.15, -0.1) is 0 Å². The Morgan fingerprint density at radius 1 is 1.50 bits per heavy atom. The fourth-order valence-electron chi connectivity index (χ4n) is 1.70. The standard InChI is InChI=1S/C11H15ClN2O2S2/c1-17-11(5-6-11)7-14-18(15,16)10-8(12)3-2-4-9(10)13/h2-4,14H,5-7,13H2,1H3. The second-order valence-electron chi connectivity index (χ2n) is 4.37. The van der Waals surface area contributed by atoms with Gasteiger partial charge in [0.15, 0.2) is 0 Å². The Balaban J connectivity index is 2.21. The summed E-state index contributed by atoms with van der Waals surface area (Å²) in [5.74, 6) is 0. The maximum Gasteiger partial charge on any atom is 0.244 e. The Morgan fingerprint density at radius 2 is 2.17 bits per heavy atom. The van der Waals surface area contributed by atoms with E-state index in [9.17, 15) is 8.42 Å². The maximum atomic E-state index is 12.2. The summed E-state index contributed by atoms with van der Waals surface area (Å²) in [6, 6.07) is 4.68. The van der Waals surface area contributed by atoms with Gasteiger partial charge in [0.1, 0.15) is 4.90 Å². The number of nitrogens with two attached hydrogens (primary N) is 1. The van der Waals surface area contributed by atoms with Crippen molar-refractivity contribution in [3.05, 3.63) is 23.2 Å². The van der Waals surface area contributed by atoms with Gasteiger partial charge in [0.2, 0.25) is 10.0 Å². The average molecular weight is 307 g/mol. The number of nitrogens with one attached hydrogen (secondary N) is 1. The van der Waals surface area contributed by atoms with E-state index >= 15 is 0 Å². The Kier molecular flexibility index (Phi) is 3.82. The summed E-state index contributed by atoms with van der Waals surface area (Å²) < 4.78 is 27.0. The number of nitrogen functional groups attached to an aromatic ring is 1.